The lowest BCUT2D eigenvalue weighted by molar-refractivity contribution is -0.137. The van der Waals surface area contributed by atoms with Gasteiger partial charge in [-0.15, -0.1) is 0 Å². The van der Waals surface area contributed by atoms with Crippen molar-refractivity contribution in [2.45, 2.75) is 76.8 Å². The molecular formula is C27H34F3N. The highest BCUT2D eigenvalue weighted by atomic mass is 19.4. The highest BCUT2D eigenvalue weighted by Gasteiger charge is 2.53. The second-order valence-corrected chi connectivity index (χ2v) is 10.4. The summed E-state index contributed by atoms with van der Waals surface area (Å²) in [6.45, 7) is 7.45. The lowest BCUT2D eigenvalue weighted by Gasteiger charge is -2.57. The Balaban J connectivity index is 1.67. The van der Waals surface area contributed by atoms with Gasteiger partial charge in [-0.2, -0.15) is 13.2 Å². The maximum absolute atomic E-state index is 13.0. The van der Waals surface area contributed by atoms with Crippen molar-refractivity contribution < 1.29 is 13.2 Å². The van der Waals surface area contributed by atoms with Crippen molar-refractivity contribution in [1.82, 2.24) is 0 Å². The Morgan fingerprint density at radius 1 is 1.06 bits per heavy atom. The molecule has 0 unspecified atom stereocenters. The third kappa shape index (κ3) is 3.92. The largest absolute Gasteiger partial charge is 0.416 e. The van der Waals surface area contributed by atoms with Gasteiger partial charge in [-0.05, 0) is 95.7 Å². The minimum absolute atomic E-state index is 0.0683. The van der Waals surface area contributed by atoms with E-state index in [4.69, 9.17) is 5.73 Å². The van der Waals surface area contributed by atoms with Crippen LogP contribution in [0.2, 0.25) is 0 Å². The standard InChI is InChI=1S/C27H34F3N/c1-18(2)20-7-11-23-21(15-20)8-12-24-25(23,3)13-4-14-26(24,17-31)16-19-5-9-22(10-6-19)27(28,29)30/h5-7,9-11,15,18,24H,4,8,12-14,16-17,31H2,1-3H3/t24-,25-,26-/m1/s1. The number of aryl methyl sites for hydroxylation is 1. The molecule has 1 nitrogen and oxygen atoms in total. The minimum Gasteiger partial charge on any atom is -0.330 e. The summed E-state index contributed by atoms with van der Waals surface area (Å²) >= 11 is 0. The molecule has 2 N–H and O–H groups in total. The summed E-state index contributed by atoms with van der Waals surface area (Å²) in [5.74, 6) is 0.962. The van der Waals surface area contributed by atoms with E-state index in [2.05, 4.69) is 39.0 Å². The fourth-order valence-electron chi connectivity index (χ4n) is 6.56. The number of nitrogens with two attached hydrogens (primary N) is 1. The number of alkyl halides is 3. The van der Waals surface area contributed by atoms with Gasteiger partial charge >= 0.3 is 6.18 Å². The van der Waals surface area contributed by atoms with Gasteiger partial charge in [0.25, 0.3) is 0 Å². The topological polar surface area (TPSA) is 26.0 Å². The first-order valence-corrected chi connectivity index (χ1v) is 11.6. The van der Waals surface area contributed by atoms with Crippen LogP contribution >= 0.6 is 0 Å². The first-order chi connectivity index (χ1) is 14.6. The molecule has 2 aliphatic carbocycles. The Morgan fingerprint density at radius 2 is 1.77 bits per heavy atom. The molecule has 168 valence electrons. The van der Waals surface area contributed by atoms with Crippen molar-refractivity contribution in [3.05, 3.63) is 70.3 Å². The predicted octanol–water partition coefficient (Wildman–Crippen LogP) is 7.02. The van der Waals surface area contributed by atoms with E-state index in [1.54, 1.807) is 12.1 Å². The van der Waals surface area contributed by atoms with Crippen molar-refractivity contribution >= 4 is 0 Å². The summed E-state index contributed by atoms with van der Waals surface area (Å²) in [5, 5.41) is 0. The fourth-order valence-corrected chi connectivity index (χ4v) is 6.56. The zero-order chi connectivity index (χ0) is 22.4. The highest BCUT2D eigenvalue weighted by molar-refractivity contribution is 5.42. The van der Waals surface area contributed by atoms with Crippen LogP contribution in [0.1, 0.15) is 80.2 Å². The molecule has 4 heteroatoms. The van der Waals surface area contributed by atoms with Gasteiger partial charge in [0.2, 0.25) is 0 Å². The number of rotatable bonds is 4. The van der Waals surface area contributed by atoms with Crippen LogP contribution in [-0.2, 0) is 24.4 Å². The quantitative estimate of drug-likeness (QED) is 0.555. The molecular weight excluding hydrogens is 395 g/mol. The Morgan fingerprint density at radius 3 is 2.39 bits per heavy atom. The molecule has 0 saturated heterocycles. The lowest BCUT2D eigenvalue weighted by atomic mass is 9.48. The number of hydrogen-bond donors (Lipinski definition) is 1. The SMILES string of the molecule is CC(C)c1ccc2c(c1)CC[C@H]1[C@@](CN)(Cc3ccc(C(F)(F)F)cc3)CCC[C@]21C. The van der Waals surface area contributed by atoms with Gasteiger partial charge in [0, 0.05) is 0 Å². The van der Waals surface area contributed by atoms with Crippen molar-refractivity contribution in [2.75, 3.05) is 6.54 Å². The van der Waals surface area contributed by atoms with Gasteiger partial charge in [-0.1, -0.05) is 57.5 Å². The predicted molar refractivity (Wildman–Crippen MR) is 120 cm³/mol. The highest BCUT2D eigenvalue weighted by Crippen LogP contribution is 2.58. The summed E-state index contributed by atoms with van der Waals surface area (Å²) in [6, 6.07) is 12.8. The average Bonchev–Trinajstić information content (AvgIpc) is 2.73. The summed E-state index contributed by atoms with van der Waals surface area (Å²) in [6.07, 6.45) is 1.92. The number of hydrogen-bond acceptors (Lipinski definition) is 1. The van der Waals surface area contributed by atoms with Crippen LogP contribution in [-0.4, -0.2) is 6.54 Å². The van der Waals surface area contributed by atoms with Gasteiger partial charge in [0.1, 0.15) is 0 Å². The van der Waals surface area contributed by atoms with E-state index < -0.39 is 11.7 Å². The molecule has 4 rings (SSSR count). The van der Waals surface area contributed by atoms with Gasteiger partial charge < -0.3 is 5.73 Å². The molecule has 0 heterocycles. The van der Waals surface area contributed by atoms with E-state index in [0.717, 1.165) is 44.1 Å². The van der Waals surface area contributed by atoms with Crippen LogP contribution in [0.4, 0.5) is 13.2 Å². The maximum atomic E-state index is 13.0. The molecule has 2 aliphatic rings. The average molecular weight is 430 g/mol. The Kier molecular flexibility index (Phi) is 5.74. The van der Waals surface area contributed by atoms with E-state index in [1.165, 1.54) is 28.8 Å². The van der Waals surface area contributed by atoms with Crippen molar-refractivity contribution in [3.8, 4) is 0 Å². The minimum atomic E-state index is -4.30. The monoisotopic (exact) mass is 429 g/mol. The van der Waals surface area contributed by atoms with Crippen molar-refractivity contribution in [1.29, 1.82) is 0 Å². The van der Waals surface area contributed by atoms with Crippen molar-refractivity contribution in [2.24, 2.45) is 17.1 Å². The molecule has 0 spiro atoms. The molecule has 2 aromatic rings. The number of halogens is 3. The van der Waals surface area contributed by atoms with Gasteiger partial charge in [0.05, 0.1) is 5.56 Å². The zero-order valence-corrected chi connectivity index (χ0v) is 18.9. The maximum Gasteiger partial charge on any atom is 0.416 e. The second-order valence-electron chi connectivity index (χ2n) is 10.4. The van der Waals surface area contributed by atoms with Crippen LogP contribution in [0.15, 0.2) is 42.5 Å². The van der Waals surface area contributed by atoms with Crippen LogP contribution < -0.4 is 5.73 Å². The zero-order valence-electron chi connectivity index (χ0n) is 18.9. The molecule has 0 bridgehead atoms. The molecule has 1 saturated carbocycles. The third-order valence-corrected chi connectivity index (χ3v) is 8.24. The lowest BCUT2D eigenvalue weighted by Crippen LogP contribution is -2.54. The van der Waals surface area contributed by atoms with Gasteiger partial charge in [0.15, 0.2) is 0 Å². The Bertz CT molecular complexity index is 930. The van der Waals surface area contributed by atoms with Crippen LogP contribution in [0, 0.1) is 11.3 Å². The van der Waals surface area contributed by atoms with Crippen LogP contribution in [0.25, 0.3) is 0 Å². The third-order valence-electron chi connectivity index (χ3n) is 8.24. The second kappa shape index (κ2) is 7.95. The number of fused-ring (bicyclic) bond motifs is 3. The molecule has 2 aromatic carbocycles. The van der Waals surface area contributed by atoms with E-state index in [-0.39, 0.29) is 10.8 Å². The van der Waals surface area contributed by atoms with Gasteiger partial charge in [-0.25, -0.2) is 0 Å². The molecule has 3 atom stereocenters. The fraction of sp³-hybridized carbons (Fsp3) is 0.556. The van der Waals surface area contributed by atoms with E-state index in [9.17, 15) is 13.2 Å². The van der Waals surface area contributed by atoms with Crippen LogP contribution in [0.5, 0.6) is 0 Å². The number of benzene rings is 2. The first kappa shape index (κ1) is 22.4. The molecule has 0 aliphatic heterocycles. The van der Waals surface area contributed by atoms with Crippen molar-refractivity contribution in [3.63, 3.8) is 0 Å². The molecule has 0 radical (unpaired) electrons. The van der Waals surface area contributed by atoms with Gasteiger partial charge in [-0.3, -0.25) is 0 Å². The summed E-state index contributed by atoms with van der Waals surface area (Å²) in [5.41, 5.74) is 11.2. The first-order valence-electron chi connectivity index (χ1n) is 11.6. The van der Waals surface area contributed by atoms with E-state index >= 15 is 0 Å². The molecule has 1 fully saturated rings. The summed E-state index contributed by atoms with van der Waals surface area (Å²) in [7, 11) is 0. The van der Waals surface area contributed by atoms with E-state index in [0.29, 0.717) is 18.4 Å². The smallest absolute Gasteiger partial charge is 0.330 e. The summed E-state index contributed by atoms with van der Waals surface area (Å²) < 4.78 is 39.0. The molecule has 0 aromatic heterocycles. The normalized spacial score (nSPS) is 28.3. The van der Waals surface area contributed by atoms with E-state index in [1.807, 2.05) is 0 Å². The summed E-state index contributed by atoms with van der Waals surface area (Å²) in [4.78, 5) is 0. The molecule has 0 amide bonds. The van der Waals surface area contributed by atoms with Crippen LogP contribution in [0.3, 0.4) is 0 Å². The molecule has 31 heavy (non-hydrogen) atoms. The Labute approximate surface area is 184 Å². The Hall–Kier alpha value is -1.81.